The molecule has 158 valence electrons. The maximum Gasteiger partial charge on any atom is 0.154 e. The number of aromatic nitrogens is 1. The minimum absolute atomic E-state index is 0.851. The van der Waals surface area contributed by atoms with Crippen LogP contribution in [0.2, 0.25) is 0 Å². The van der Waals surface area contributed by atoms with E-state index in [1.165, 1.54) is 11.1 Å². The summed E-state index contributed by atoms with van der Waals surface area (Å²) in [5.74, 6) is 0.925. The Balaban J connectivity index is 1.47. The molecule has 3 aromatic carbocycles. The summed E-state index contributed by atoms with van der Waals surface area (Å²) in [5.41, 5.74) is 9.99. The van der Waals surface area contributed by atoms with Crippen molar-refractivity contribution in [2.24, 2.45) is 5.10 Å². The van der Waals surface area contributed by atoms with Crippen molar-refractivity contribution >= 4 is 33.1 Å². The SMILES string of the molecule is Brc1ccc(C(=NNc2cccnc2N2CCc3ccccc3C2)c2ccccc2)cc1. The number of pyridine rings is 1. The molecule has 5 heteroatoms. The third kappa shape index (κ3) is 4.43. The average Bonchev–Trinajstić information content (AvgIpc) is 2.86. The van der Waals surface area contributed by atoms with Gasteiger partial charge in [0.05, 0.1) is 11.4 Å². The van der Waals surface area contributed by atoms with Crippen molar-refractivity contribution < 1.29 is 0 Å². The smallest absolute Gasteiger partial charge is 0.154 e. The maximum absolute atomic E-state index is 4.85. The van der Waals surface area contributed by atoms with E-state index in [0.717, 1.165) is 52.3 Å². The maximum atomic E-state index is 4.85. The molecule has 0 fully saturated rings. The summed E-state index contributed by atoms with van der Waals surface area (Å²) in [6.07, 6.45) is 2.86. The van der Waals surface area contributed by atoms with Crippen molar-refractivity contribution in [3.05, 3.63) is 124 Å². The fraction of sp³-hybridized carbons (Fsp3) is 0.111. The van der Waals surface area contributed by atoms with Gasteiger partial charge >= 0.3 is 0 Å². The van der Waals surface area contributed by atoms with Crippen LogP contribution in [0.4, 0.5) is 11.5 Å². The van der Waals surface area contributed by atoms with Crippen LogP contribution in [0, 0.1) is 0 Å². The molecule has 0 spiro atoms. The van der Waals surface area contributed by atoms with E-state index in [-0.39, 0.29) is 0 Å². The lowest BCUT2D eigenvalue weighted by atomic mass is 10.00. The minimum atomic E-state index is 0.851. The number of fused-ring (bicyclic) bond motifs is 1. The summed E-state index contributed by atoms with van der Waals surface area (Å²) in [4.78, 5) is 7.02. The van der Waals surface area contributed by atoms with Crippen molar-refractivity contribution in [1.29, 1.82) is 0 Å². The van der Waals surface area contributed by atoms with Gasteiger partial charge in [-0.25, -0.2) is 4.98 Å². The van der Waals surface area contributed by atoms with Crippen LogP contribution < -0.4 is 10.3 Å². The first kappa shape index (κ1) is 20.5. The molecule has 0 aliphatic carbocycles. The standard InChI is InChI=1S/C27H23BrN4/c28-24-14-12-22(13-15-24)26(21-8-2-1-3-9-21)31-30-25-11-6-17-29-27(25)32-18-16-20-7-4-5-10-23(20)19-32/h1-15,17,30H,16,18-19H2. The van der Waals surface area contributed by atoms with E-state index < -0.39 is 0 Å². The molecule has 1 N–H and O–H groups in total. The highest BCUT2D eigenvalue weighted by Crippen LogP contribution is 2.29. The summed E-state index contributed by atoms with van der Waals surface area (Å²) in [6.45, 7) is 1.79. The number of hydrazone groups is 1. The number of hydrogen-bond donors (Lipinski definition) is 1. The Labute approximate surface area is 196 Å². The van der Waals surface area contributed by atoms with Crippen molar-refractivity contribution in [1.82, 2.24) is 4.98 Å². The van der Waals surface area contributed by atoms with Gasteiger partial charge in [0.15, 0.2) is 5.82 Å². The Morgan fingerprint density at radius 3 is 2.34 bits per heavy atom. The van der Waals surface area contributed by atoms with E-state index in [9.17, 15) is 0 Å². The highest BCUT2D eigenvalue weighted by molar-refractivity contribution is 9.10. The molecular weight excluding hydrogens is 460 g/mol. The predicted molar refractivity (Wildman–Crippen MR) is 135 cm³/mol. The van der Waals surface area contributed by atoms with Crippen molar-refractivity contribution in [3.63, 3.8) is 0 Å². The molecule has 32 heavy (non-hydrogen) atoms. The highest BCUT2D eigenvalue weighted by atomic mass is 79.9. The van der Waals surface area contributed by atoms with Crippen LogP contribution >= 0.6 is 15.9 Å². The number of benzene rings is 3. The first-order chi connectivity index (χ1) is 15.8. The summed E-state index contributed by atoms with van der Waals surface area (Å²) in [6, 6.07) is 31.1. The monoisotopic (exact) mass is 482 g/mol. The average molecular weight is 483 g/mol. The molecule has 4 nitrogen and oxygen atoms in total. The first-order valence-electron chi connectivity index (χ1n) is 10.7. The zero-order chi connectivity index (χ0) is 21.8. The lowest BCUT2D eigenvalue weighted by Gasteiger charge is -2.30. The van der Waals surface area contributed by atoms with Gasteiger partial charge in [-0.3, -0.25) is 5.43 Å². The topological polar surface area (TPSA) is 40.5 Å². The fourth-order valence-electron chi connectivity index (χ4n) is 4.03. The second-order valence-electron chi connectivity index (χ2n) is 7.76. The highest BCUT2D eigenvalue weighted by Gasteiger charge is 2.19. The van der Waals surface area contributed by atoms with Crippen molar-refractivity contribution in [3.8, 4) is 0 Å². The van der Waals surface area contributed by atoms with Gasteiger partial charge in [0, 0.05) is 34.9 Å². The first-order valence-corrected chi connectivity index (χ1v) is 11.5. The molecular formula is C27H23BrN4. The van der Waals surface area contributed by atoms with E-state index in [0.29, 0.717) is 0 Å². The van der Waals surface area contributed by atoms with Crippen LogP contribution in [-0.4, -0.2) is 17.2 Å². The summed E-state index contributed by atoms with van der Waals surface area (Å²) in [7, 11) is 0. The largest absolute Gasteiger partial charge is 0.350 e. The predicted octanol–water partition coefficient (Wildman–Crippen LogP) is 6.27. The van der Waals surface area contributed by atoms with Gasteiger partial charge in [-0.15, -0.1) is 0 Å². The number of hydrogen-bond acceptors (Lipinski definition) is 4. The van der Waals surface area contributed by atoms with Gasteiger partial charge in [-0.05, 0) is 41.8 Å². The quantitative estimate of drug-likeness (QED) is 0.269. The molecule has 1 aliphatic heterocycles. The van der Waals surface area contributed by atoms with Gasteiger partial charge in [-0.2, -0.15) is 5.10 Å². The van der Waals surface area contributed by atoms with Crippen LogP contribution in [0.3, 0.4) is 0 Å². The number of rotatable bonds is 5. The normalized spacial score (nSPS) is 13.5. The molecule has 0 unspecified atom stereocenters. The summed E-state index contributed by atoms with van der Waals surface area (Å²) >= 11 is 3.52. The van der Waals surface area contributed by atoms with Crippen LogP contribution in [-0.2, 0) is 13.0 Å². The van der Waals surface area contributed by atoms with Gasteiger partial charge in [-0.1, -0.05) is 82.7 Å². The van der Waals surface area contributed by atoms with Crippen LogP contribution in [0.15, 0.2) is 107 Å². The molecule has 2 heterocycles. The number of halogens is 1. The third-order valence-corrected chi connectivity index (χ3v) is 6.20. The van der Waals surface area contributed by atoms with Crippen LogP contribution in [0.1, 0.15) is 22.3 Å². The van der Waals surface area contributed by atoms with Crippen molar-refractivity contribution in [2.45, 2.75) is 13.0 Å². The van der Waals surface area contributed by atoms with Gasteiger partial charge in [0.25, 0.3) is 0 Å². The third-order valence-electron chi connectivity index (χ3n) is 5.67. The molecule has 1 aliphatic rings. The second-order valence-corrected chi connectivity index (χ2v) is 8.68. The molecule has 0 saturated heterocycles. The molecule has 4 aromatic rings. The van der Waals surface area contributed by atoms with E-state index >= 15 is 0 Å². The van der Waals surface area contributed by atoms with E-state index in [4.69, 9.17) is 10.1 Å². The van der Waals surface area contributed by atoms with E-state index in [2.05, 4.69) is 74.8 Å². The zero-order valence-electron chi connectivity index (χ0n) is 17.6. The summed E-state index contributed by atoms with van der Waals surface area (Å²) in [5, 5.41) is 4.85. The molecule has 5 rings (SSSR count). The lowest BCUT2D eigenvalue weighted by Crippen LogP contribution is -2.31. The second kappa shape index (κ2) is 9.37. The minimum Gasteiger partial charge on any atom is -0.350 e. The van der Waals surface area contributed by atoms with Crippen LogP contribution in [0.25, 0.3) is 0 Å². The Bertz CT molecular complexity index is 1240. The molecule has 0 atom stereocenters. The van der Waals surface area contributed by atoms with Gasteiger partial charge in [0.2, 0.25) is 0 Å². The van der Waals surface area contributed by atoms with Crippen molar-refractivity contribution in [2.75, 3.05) is 16.9 Å². The number of nitrogens with zero attached hydrogens (tertiary/aromatic N) is 3. The molecule has 0 radical (unpaired) electrons. The Morgan fingerprint density at radius 2 is 1.53 bits per heavy atom. The Kier molecular flexibility index (Phi) is 5.99. The molecule has 0 amide bonds. The summed E-state index contributed by atoms with van der Waals surface area (Å²) < 4.78 is 1.04. The zero-order valence-corrected chi connectivity index (χ0v) is 19.2. The van der Waals surface area contributed by atoms with E-state index in [1.54, 1.807) is 0 Å². The molecule has 0 bridgehead atoms. The van der Waals surface area contributed by atoms with Gasteiger partial charge in [0.1, 0.15) is 0 Å². The Morgan fingerprint density at radius 1 is 0.812 bits per heavy atom. The van der Waals surface area contributed by atoms with Gasteiger partial charge < -0.3 is 4.90 Å². The van der Waals surface area contributed by atoms with E-state index in [1.807, 2.05) is 48.7 Å². The number of nitrogens with one attached hydrogen (secondary N) is 1. The fourth-order valence-corrected chi connectivity index (χ4v) is 4.29. The lowest BCUT2D eigenvalue weighted by molar-refractivity contribution is 0.721. The van der Waals surface area contributed by atoms with Crippen LogP contribution in [0.5, 0.6) is 0 Å². The molecule has 1 aromatic heterocycles. The molecule has 0 saturated carbocycles. The number of anilines is 2. The Hall–Kier alpha value is -3.44.